The highest BCUT2D eigenvalue weighted by Gasteiger charge is 2.33. The molecule has 0 radical (unpaired) electrons. The topological polar surface area (TPSA) is 21.3 Å². The van der Waals surface area contributed by atoms with E-state index in [0.717, 1.165) is 31.9 Å². The zero-order valence-electron chi connectivity index (χ0n) is 13.8. The van der Waals surface area contributed by atoms with Gasteiger partial charge in [-0.2, -0.15) is 0 Å². The summed E-state index contributed by atoms with van der Waals surface area (Å²) >= 11 is 0. The monoisotopic (exact) mass is 289 g/mol. The maximum Gasteiger partial charge on any atom is 0.0753 e. The van der Waals surface area contributed by atoms with E-state index in [2.05, 4.69) is 56.4 Å². The predicted octanol–water partition coefficient (Wildman–Crippen LogP) is 4.05. The van der Waals surface area contributed by atoms with E-state index >= 15 is 0 Å². The van der Waals surface area contributed by atoms with Crippen molar-refractivity contribution in [3.8, 4) is 0 Å². The summed E-state index contributed by atoms with van der Waals surface area (Å²) < 4.78 is 6.27. The van der Waals surface area contributed by atoms with E-state index in [1.165, 1.54) is 18.4 Å². The molecular weight excluding hydrogens is 258 g/mol. The normalized spacial score (nSPS) is 29.5. The van der Waals surface area contributed by atoms with Gasteiger partial charge in [0.05, 0.1) is 6.10 Å². The lowest BCUT2D eigenvalue weighted by atomic mass is 9.78. The molecule has 1 aromatic rings. The number of aryl methyl sites for hydroxylation is 1. The molecule has 0 heterocycles. The first-order valence-electron chi connectivity index (χ1n) is 8.59. The number of hydrogen-bond donors (Lipinski definition) is 1. The Hall–Kier alpha value is -0.860. The Bertz CT molecular complexity index is 392. The van der Waals surface area contributed by atoms with Gasteiger partial charge in [-0.05, 0) is 49.6 Å². The van der Waals surface area contributed by atoms with Crippen LogP contribution in [-0.4, -0.2) is 25.3 Å². The molecule has 0 saturated heterocycles. The van der Waals surface area contributed by atoms with Crippen LogP contribution in [0.1, 0.15) is 45.6 Å². The highest BCUT2D eigenvalue weighted by Crippen LogP contribution is 2.31. The fourth-order valence-corrected chi connectivity index (χ4v) is 3.71. The summed E-state index contributed by atoms with van der Waals surface area (Å²) in [7, 11) is 0. The first kappa shape index (κ1) is 16.5. The molecule has 1 aliphatic carbocycles. The van der Waals surface area contributed by atoms with Crippen molar-refractivity contribution in [2.45, 2.75) is 58.6 Å². The van der Waals surface area contributed by atoms with Crippen LogP contribution < -0.4 is 5.32 Å². The highest BCUT2D eigenvalue weighted by atomic mass is 16.5. The van der Waals surface area contributed by atoms with Gasteiger partial charge in [0, 0.05) is 12.6 Å². The molecule has 1 fully saturated rings. The molecule has 2 nitrogen and oxygen atoms in total. The lowest BCUT2D eigenvalue weighted by molar-refractivity contribution is -0.0380. The summed E-state index contributed by atoms with van der Waals surface area (Å²) in [5, 5.41) is 3.63. The first-order valence-corrected chi connectivity index (χ1v) is 8.59. The summed E-state index contributed by atoms with van der Waals surface area (Å²) in [6, 6.07) is 11.2. The van der Waals surface area contributed by atoms with Crippen molar-refractivity contribution >= 4 is 0 Å². The molecule has 0 aromatic heterocycles. The Morgan fingerprint density at radius 1 is 1.14 bits per heavy atom. The van der Waals surface area contributed by atoms with Gasteiger partial charge in [0.2, 0.25) is 0 Å². The Balaban J connectivity index is 1.77. The van der Waals surface area contributed by atoms with Gasteiger partial charge in [-0.3, -0.25) is 0 Å². The van der Waals surface area contributed by atoms with Crippen LogP contribution in [0.4, 0.5) is 0 Å². The number of benzene rings is 1. The van der Waals surface area contributed by atoms with Gasteiger partial charge in [0.1, 0.15) is 0 Å². The van der Waals surface area contributed by atoms with E-state index in [1.807, 2.05) is 0 Å². The SMILES string of the molecule is CCNC1CC(C)CC(C)C1OCCCc1ccccc1. The van der Waals surface area contributed by atoms with Gasteiger partial charge in [0.25, 0.3) is 0 Å². The fraction of sp³-hybridized carbons (Fsp3) is 0.684. The molecule has 0 spiro atoms. The molecule has 0 bridgehead atoms. The molecule has 1 N–H and O–H groups in total. The fourth-order valence-electron chi connectivity index (χ4n) is 3.71. The largest absolute Gasteiger partial charge is 0.376 e. The predicted molar refractivity (Wildman–Crippen MR) is 89.5 cm³/mol. The Labute approximate surface area is 130 Å². The van der Waals surface area contributed by atoms with E-state index in [1.54, 1.807) is 0 Å². The Kier molecular flexibility index (Phi) is 6.72. The summed E-state index contributed by atoms with van der Waals surface area (Å²) in [5.74, 6) is 1.47. The molecular formula is C19H31NO. The van der Waals surface area contributed by atoms with Crippen LogP contribution in [0.3, 0.4) is 0 Å². The summed E-state index contributed by atoms with van der Waals surface area (Å²) in [6.07, 6.45) is 5.16. The van der Waals surface area contributed by atoms with Crippen LogP contribution in [0.25, 0.3) is 0 Å². The van der Waals surface area contributed by atoms with Crippen LogP contribution in [-0.2, 0) is 11.2 Å². The van der Waals surface area contributed by atoms with E-state index in [0.29, 0.717) is 18.1 Å². The molecule has 21 heavy (non-hydrogen) atoms. The van der Waals surface area contributed by atoms with Crippen LogP contribution in [0.5, 0.6) is 0 Å². The van der Waals surface area contributed by atoms with Gasteiger partial charge in [-0.1, -0.05) is 51.1 Å². The third kappa shape index (κ3) is 5.12. The van der Waals surface area contributed by atoms with Crippen molar-refractivity contribution in [1.29, 1.82) is 0 Å². The molecule has 1 saturated carbocycles. The second-order valence-corrected chi connectivity index (χ2v) is 6.64. The molecule has 0 amide bonds. The number of nitrogens with one attached hydrogen (secondary N) is 1. The second kappa shape index (κ2) is 8.55. The standard InChI is InChI=1S/C19H31NO/c1-4-20-18-14-15(2)13-16(3)19(18)21-12-8-11-17-9-6-5-7-10-17/h5-7,9-10,15-16,18-20H,4,8,11-14H2,1-3H3. The minimum Gasteiger partial charge on any atom is -0.376 e. The molecule has 0 aliphatic heterocycles. The summed E-state index contributed by atoms with van der Waals surface area (Å²) in [6.45, 7) is 8.82. The molecule has 4 atom stereocenters. The number of likely N-dealkylation sites (N-methyl/N-ethyl adjacent to an activating group) is 1. The summed E-state index contributed by atoms with van der Waals surface area (Å²) in [5.41, 5.74) is 1.41. The zero-order chi connectivity index (χ0) is 15.1. The lowest BCUT2D eigenvalue weighted by Gasteiger charge is -2.39. The van der Waals surface area contributed by atoms with E-state index in [4.69, 9.17) is 4.74 Å². The van der Waals surface area contributed by atoms with Gasteiger partial charge < -0.3 is 10.1 Å². The first-order chi connectivity index (χ1) is 10.2. The van der Waals surface area contributed by atoms with Crippen molar-refractivity contribution in [1.82, 2.24) is 5.32 Å². The van der Waals surface area contributed by atoms with Gasteiger partial charge in [0.15, 0.2) is 0 Å². The van der Waals surface area contributed by atoms with Crippen molar-refractivity contribution in [2.24, 2.45) is 11.8 Å². The minimum absolute atomic E-state index is 0.386. The van der Waals surface area contributed by atoms with Crippen LogP contribution >= 0.6 is 0 Å². The maximum absolute atomic E-state index is 6.27. The molecule has 118 valence electrons. The van der Waals surface area contributed by atoms with E-state index < -0.39 is 0 Å². The zero-order valence-corrected chi connectivity index (χ0v) is 13.8. The Morgan fingerprint density at radius 2 is 1.90 bits per heavy atom. The van der Waals surface area contributed by atoms with Crippen molar-refractivity contribution in [2.75, 3.05) is 13.2 Å². The van der Waals surface area contributed by atoms with Crippen molar-refractivity contribution < 1.29 is 4.74 Å². The molecule has 1 aliphatic rings. The third-order valence-electron chi connectivity index (χ3n) is 4.62. The Morgan fingerprint density at radius 3 is 2.62 bits per heavy atom. The van der Waals surface area contributed by atoms with Gasteiger partial charge >= 0.3 is 0 Å². The second-order valence-electron chi connectivity index (χ2n) is 6.64. The average Bonchev–Trinajstić information content (AvgIpc) is 2.47. The van der Waals surface area contributed by atoms with Crippen LogP contribution in [0.2, 0.25) is 0 Å². The molecule has 2 rings (SSSR count). The smallest absolute Gasteiger partial charge is 0.0753 e. The molecule has 2 heteroatoms. The van der Waals surface area contributed by atoms with Gasteiger partial charge in [-0.15, -0.1) is 0 Å². The molecule has 4 unspecified atom stereocenters. The van der Waals surface area contributed by atoms with Crippen LogP contribution in [0.15, 0.2) is 30.3 Å². The number of ether oxygens (including phenoxy) is 1. The van der Waals surface area contributed by atoms with Crippen LogP contribution in [0, 0.1) is 11.8 Å². The highest BCUT2D eigenvalue weighted by molar-refractivity contribution is 5.14. The van der Waals surface area contributed by atoms with Crippen molar-refractivity contribution in [3.05, 3.63) is 35.9 Å². The maximum atomic E-state index is 6.27. The van der Waals surface area contributed by atoms with Crippen molar-refractivity contribution in [3.63, 3.8) is 0 Å². The minimum atomic E-state index is 0.386. The number of rotatable bonds is 7. The average molecular weight is 289 g/mol. The lowest BCUT2D eigenvalue weighted by Crippen LogP contribution is -2.49. The van der Waals surface area contributed by atoms with Gasteiger partial charge in [-0.25, -0.2) is 0 Å². The number of hydrogen-bond acceptors (Lipinski definition) is 2. The van der Waals surface area contributed by atoms with E-state index in [-0.39, 0.29) is 0 Å². The quantitative estimate of drug-likeness (QED) is 0.765. The molecule has 1 aromatic carbocycles. The third-order valence-corrected chi connectivity index (χ3v) is 4.62. The summed E-state index contributed by atoms with van der Waals surface area (Å²) in [4.78, 5) is 0. The van der Waals surface area contributed by atoms with E-state index in [9.17, 15) is 0 Å².